The summed E-state index contributed by atoms with van der Waals surface area (Å²) in [6, 6.07) is 14.4. The summed E-state index contributed by atoms with van der Waals surface area (Å²) in [7, 11) is 0. The minimum absolute atomic E-state index is 0.00257. The van der Waals surface area contributed by atoms with Crippen LogP contribution in [-0.2, 0) is 6.54 Å². The first kappa shape index (κ1) is 15.8. The normalized spacial score (nSPS) is 17.7. The monoisotopic (exact) mass is 313 g/mol. The highest BCUT2D eigenvalue weighted by molar-refractivity contribution is 5.33. The molecular weight excluding hydrogens is 290 g/mol. The number of nitrogens with zero attached hydrogens (tertiary/aromatic N) is 1. The second-order valence-electron chi connectivity index (χ2n) is 5.73. The first-order chi connectivity index (χ1) is 11.3. The molecule has 0 spiro atoms. The average Bonchev–Trinajstić information content (AvgIpc) is 2.61. The van der Waals surface area contributed by atoms with Gasteiger partial charge in [-0.2, -0.15) is 0 Å². The van der Waals surface area contributed by atoms with Gasteiger partial charge in [0.15, 0.2) is 5.75 Å². The Morgan fingerprint density at radius 3 is 2.91 bits per heavy atom. The van der Waals surface area contributed by atoms with Crippen LogP contribution in [0.5, 0.6) is 11.6 Å². The van der Waals surface area contributed by atoms with Crippen LogP contribution in [0.3, 0.4) is 0 Å². The second-order valence-corrected chi connectivity index (χ2v) is 5.73. The first-order valence-electron chi connectivity index (χ1n) is 8.07. The number of benzene rings is 1. The lowest BCUT2D eigenvalue weighted by Gasteiger charge is -2.29. The molecule has 0 radical (unpaired) electrons. The van der Waals surface area contributed by atoms with Gasteiger partial charge in [0.1, 0.15) is 12.7 Å². The molecule has 23 heavy (non-hydrogen) atoms. The minimum Gasteiger partial charge on any atom is -0.484 e. The van der Waals surface area contributed by atoms with Crippen molar-refractivity contribution in [2.45, 2.75) is 31.5 Å². The van der Waals surface area contributed by atoms with E-state index < -0.39 is 0 Å². The summed E-state index contributed by atoms with van der Waals surface area (Å²) in [4.78, 5) is 4.22. The summed E-state index contributed by atoms with van der Waals surface area (Å²) in [5.74, 6) is 1.30. The van der Waals surface area contributed by atoms with E-state index in [1.165, 1.54) is 5.56 Å². The maximum Gasteiger partial charge on any atom is 0.257 e. The average molecular weight is 313 g/mol. The van der Waals surface area contributed by atoms with Crippen LogP contribution in [0.2, 0.25) is 0 Å². The van der Waals surface area contributed by atoms with E-state index in [1.807, 2.05) is 18.2 Å². The highest BCUT2D eigenvalue weighted by Crippen LogP contribution is 2.29. The Labute approximate surface area is 136 Å². The molecule has 5 nitrogen and oxygen atoms in total. The molecule has 3 N–H and O–H groups in total. The van der Waals surface area contributed by atoms with Crippen molar-refractivity contribution in [2.75, 3.05) is 13.2 Å². The molecule has 0 fully saturated rings. The largest absolute Gasteiger partial charge is 0.484 e. The summed E-state index contributed by atoms with van der Waals surface area (Å²) in [5, 5.41) is 3.57. The van der Waals surface area contributed by atoms with Crippen LogP contribution in [0.4, 0.5) is 0 Å². The van der Waals surface area contributed by atoms with E-state index >= 15 is 0 Å². The van der Waals surface area contributed by atoms with Crippen molar-refractivity contribution in [1.29, 1.82) is 0 Å². The Morgan fingerprint density at radius 2 is 2.09 bits per heavy atom. The van der Waals surface area contributed by atoms with Crippen LogP contribution >= 0.6 is 0 Å². The molecule has 5 heteroatoms. The van der Waals surface area contributed by atoms with E-state index in [1.54, 1.807) is 6.20 Å². The van der Waals surface area contributed by atoms with Crippen molar-refractivity contribution in [3.05, 3.63) is 54.2 Å². The Kier molecular flexibility index (Phi) is 5.45. The quantitative estimate of drug-likeness (QED) is 0.819. The van der Waals surface area contributed by atoms with Gasteiger partial charge in [-0.1, -0.05) is 30.3 Å². The number of nitrogens with two attached hydrogens (primary N) is 1. The SMILES string of the molecule is NCCC(CC1COc2cccnc2O1)NCc1ccccc1. The molecule has 0 saturated carbocycles. The third-order valence-corrected chi connectivity index (χ3v) is 3.94. The molecule has 1 aliphatic rings. The predicted molar refractivity (Wildman–Crippen MR) is 89.5 cm³/mol. The molecule has 2 atom stereocenters. The van der Waals surface area contributed by atoms with Crippen LogP contribution in [0, 0.1) is 0 Å². The van der Waals surface area contributed by atoms with Gasteiger partial charge in [0, 0.05) is 25.2 Å². The molecule has 1 aliphatic heterocycles. The number of rotatable bonds is 7. The Morgan fingerprint density at radius 1 is 1.22 bits per heavy atom. The number of fused-ring (bicyclic) bond motifs is 1. The third kappa shape index (κ3) is 4.43. The number of nitrogens with one attached hydrogen (secondary N) is 1. The van der Waals surface area contributed by atoms with Gasteiger partial charge in [0.25, 0.3) is 5.88 Å². The van der Waals surface area contributed by atoms with Crippen LogP contribution in [0.15, 0.2) is 48.7 Å². The molecule has 0 saturated heterocycles. The Hall–Kier alpha value is -2.11. The summed E-state index contributed by atoms with van der Waals surface area (Å²) in [6.07, 6.45) is 3.47. The van der Waals surface area contributed by atoms with Gasteiger partial charge in [-0.3, -0.25) is 0 Å². The lowest BCUT2D eigenvalue weighted by atomic mass is 10.1. The van der Waals surface area contributed by atoms with Gasteiger partial charge in [0.2, 0.25) is 0 Å². The highest BCUT2D eigenvalue weighted by atomic mass is 16.6. The van der Waals surface area contributed by atoms with Crippen molar-refractivity contribution in [1.82, 2.24) is 10.3 Å². The van der Waals surface area contributed by atoms with E-state index in [-0.39, 0.29) is 6.10 Å². The molecule has 1 aromatic carbocycles. The van der Waals surface area contributed by atoms with Gasteiger partial charge < -0.3 is 20.5 Å². The number of pyridine rings is 1. The molecule has 0 bridgehead atoms. The van der Waals surface area contributed by atoms with Crippen molar-refractivity contribution < 1.29 is 9.47 Å². The number of ether oxygens (including phenoxy) is 2. The number of hydrogen-bond acceptors (Lipinski definition) is 5. The molecule has 122 valence electrons. The summed E-state index contributed by atoms with van der Waals surface area (Å²) in [5.41, 5.74) is 7.02. The molecule has 0 aliphatic carbocycles. The van der Waals surface area contributed by atoms with Crippen LogP contribution in [-0.4, -0.2) is 30.3 Å². The molecule has 1 aromatic heterocycles. The van der Waals surface area contributed by atoms with E-state index in [0.717, 1.165) is 25.1 Å². The lowest BCUT2D eigenvalue weighted by Crippen LogP contribution is -2.39. The summed E-state index contributed by atoms with van der Waals surface area (Å²) >= 11 is 0. The van der Waals surface area contributed by atoms with Gasteiger partial charge in [-0.15, -0.1) is 0 Å². The molecule has 3 rings (SSSR count). The van der Waals surface area contributed by atoms with E-state index in [4.69, 9.17) is 15.2 Å². The fourth-order valence-electron chi connectivity index (χ4n) is 2.75. The van der Waals surface area contributed by atoms with Gasteiger partial charge in [0.05, 0.1) is 0 Å². The van der Waals surface area contributed by atoms with Gasteiger partial charge in [-0.25, -0.2) is 4.98 Å². The summed E-state index contributed by atoms with van der Waals surface area (Å²) < 4.78 is 11.7. The molecular formula is C18H23N3O2. The predicted octanol–water partition coefficient (Wildman–Crippen LogP) is 2.12. The highest BCUT2D eigenvalue weighted by Gasteiger charge is 2.24. The minimum atomic E-state index is -0.00257. The van der Waals surface area contributed by atoms with E-state index in [9.17, 15) is 0 Å². The topological polar surface area (TPSA) is 69.4 Å². The molecule has 2 aromatic rings. The zero-order chi connectivity index (χ0) is 15.9. The van der Waals surface area contributed by atoms with E-state index in [0.29, 0.717) is 25.1 Å². The fourth-order valence-corrected chi connectivity index (χ4v) is 2.75. The van der Waals surface area contributed by atoms with E-state index in [2.05, 4.69) is 34.6 Å². The molecule has 2 heterocycles. The van der Waals surface area contributed by atoms with Crippen LogP contribution in [0.25, 0.3) is 0 Å². The van der Waals surface area contributed by atoms with Crippen molar-refractivity contribution in [2.24, 2.45) is 5.73 Å². The standard InChI is InChI=1S/C18H23N3O2/c19-9-8-15(21-12-14-5-2-1-3-6-14)11-16-13-22-17-7-4-10-20-18(17)23-16/h1-7,10,15-16,21H,8-9,11-13,19H2. The molecule has 2 unspecified atom stereocenters. The fraction of sp³-hybridized carbons (Fsp3) is 0.389. The summed E-state index contributed by atoms with van der Waals surface area (Å²) in [6.45, 7) is 2.02. The van der Waals surface area contributed by atoms with Crippen molar-refractivity contribution in [3.8, 4) is 11.6 Å². The second kappa shape index (κ2) is 7.94. The number of aromatic nitrogens is 1. The van der Waals surface area contributed by atoms with Crippen molar-refractivity contribution in [3.63, 3.8) is 0 Å². The lowest BCUT2D eigenvalue weighted by molar-refractivity contribution is 0.0703. The zero-order valence-corrected chi connectivity index (χ0v) is 13.2. The zero-order valence-electron chi connectivity index (χ0n) is 13.2. The van der Waals surface area contributed by atoms with Gasteiger partial charge in [-0.05, 0) is 30.7 Å². The number of hydrogen-bond donors (Lipinski definition) is 2. The van der Waals surface area contributed by atoms with Crippen molar-refractivity contribution >= 4 is 0 Å². The maximum absolute atomic E-state index is 5.94. The first-order valence-corrected chi connectivity index (χ1v) is 8.07. The smallest absolute Gasteiger partial charge is 0.257 e. The molecule has 0 amide bonds. The third-order valence-electron chi connectivity index (χ3n) is 3.94. The van der Waals surface area contributed by atoms with Gasteiger partial charge >= 0.3 is 0 Å². The van der Waals surface area contributed by atoms with Crippen LogP contribution < -0.4 is 20.5 Å². The van der Waals surface area contributed by atoms with Crippen LogP contribution in [0.1, 0.15) is 18.4 Å². The maximum atomic E-state index is 5.94. The Bertz CT molecular complexity index is 606. The Balaban J connectivity index is 1.55.